The van der Waals surface area contributed by atoms with Crippen molar-refractivity contribution in [2.24, 2.45) is 0 Å². The lowest BCUT2D eigenvalue weighted by Gasteiger charge is -2.33. The number of carbonyl (C=O) groups excluding carboxylic acids is 1. The highest BCUT2D eigenvalue weighted by Gasteiger charge is 2.27. The van der Waals surface area contributed by atoms with Gasteiger partial charge in [-0.25, -0.2) is 15.0 Å². The summed E-state index contributed by atoms with van der Waals surface area (Å²) in [5.41, 5.74) is 1.02. The first-order valence-corrected chi connectivity index (χ1v) is 14.1. The number of nitrogens with one attached hydrogen (secondary N) is 1. The number of pyridine rings is 1. The Hall–Kier alpha value is -4.55. The van der Waals surface area contributed by atoms with E-state index in [0.717, 1.165) is 0 Å². The van der Waals surface area contributed by atoms with Crippen LogP contribution in [0.5, 0.6) is 11.5 Å². The number of fused-ring (bicyclic) bond motifs is 1. The summed E-state index contributed by atoms with van der Waals surface area (Å²) in [6, 6.07) is 6.58. The molecule has 5 rings (SSSR count). The van der Waals surface area contributed by atoms with Gasteiger partial charge in [0.15, 0.2) is 0 Å². The van der Waals surface area contributed by atoms with Gasteiger partial charge in [0, 0.05) is 66.7 Å². The number of hydrogen-bond donors (Lipinski definition) is 1. The van der Waals surface area contributed by atoms with Gasteiger partial charge in [-0.15, -0.1) is 0 Å². The fourth-order valence-electron chi connectivity index (χ4n) is 5.04. The maximum Gasteiger partial charge on any atom is 0.260 e. The molecule has 224 valence electrons. The van der Waals surface area contributed by atoms with Gasteiger partial charge in [-0.3, -0.25) is 14.2 Å². The van der Waals surface area contributed by atoms with E-state index in [1.165, 1.54) is 20.5 Å². The molecule has 0 unspecified atom stereocenters. The van der Waals surface area contributed by atoms with E-state index in [9.17, 15) is 9.59 Å². The minimum absolute atomic E-state index is 0.0415. The predicted octanol–water partition coefficient (Wildman–Crippen LogP) is 3.94. The minimum atomic E-state index is -0.271. The van der Waals surface area contributed by atoms with Gasteiger partial charge in [-0.05, 0) is 45.1 Å². The number of carbonyl (C=O) groups is 1. The minimum Gasteiger partial charge on any atom is -0.497 e. The van der Waals surface area contributed by atoms with Crippen molar-refractivity contribution in [2.75, 3.05) is 53.3 Å². The van der Waals surface area contributed by atoms with Crippen LogP contribution in [0.4, 0.5) is 11.8 Å². The zero-order chi connectivity index (χ0) is 30.5. The molecule has 1 N–H and O–H groups in total. The molecule has 3 aromatic heterocycles. The maximum absolute atomic E-state index is 14.3. The van der Waals surface area contributed by atoms with Crippen LogP contribution >= 0.6 is 11.6 Å². The van der Waals surface area contributed by atoms with Gasteiger partial charge < -0.3 is 24.6 Å². The SMILES string of the molecule is COc1cc(OC)c(Cl)c(-c2cc3cnc(Nc4ccncn4)nc3n(C3CCN(C(=O)/C=C/CN(C)C)CC3)c2=O)c1. The van der Waals surface area contributed by atoms with Gasteiger partial charge >= 0.3 is 0 Å². The van der Waals surface area contributed by atoms with E-state index in [2.05, 4.69) is 20.3 Å². The Morgan fingerprint density at radius 1 is 1.14 bits per heavy atom. The molecule has 13 heteroatoms. The third kappa shape index (κ3) is 6.60. The van der Waals surface area contributed by atoms with Gasteiger partial charge in [0.25, 0.3) is 5.56 Å². The topological polar surface area (TPSA) is 128 Å². The van der Waals surface area contributed by atoms with Crippen LogP contribution in [0, 0.1) is 0 Å². The Morgan fingerprint density at radius 2 is 1.93 bits per heavy atom. The third-order valence-corrected chi connectivity index (χ3v) is 7.62. The van der Waals surface area contributed by atoms with E-state index in [-0.39, 0.29) is 23.5 Å². The smallest absolute Gasteiger partial charge is 0.260 e. The number of nitrogens with zero attached hydrogens (tertiary/aromatic N) is 7. The first-order valence-electron chi connectivity index (χ1n) is 13.8. The van der Waals surface area contributed by atoms with Crippen LogP contribution in [0.2, 0.25) is 5.02 Å². The van der Waals surface area contributed by atoms with E-state index in [1.54, 1.807) is 52.2 Å². The monoisotopic (exact) mass is 604 g/mol. The van der Waals surface area contributed by atoms with Gasteiger partial charge in [0.1, 0.15) is 29.3 Å². The average Bonchev–Trinajstić information content (AvgIpc) is 3.01. The fraction of sp³-hybridized carbons (Fsp3) is 0.333. The summed E-state index contributed by atoms with van der Waals surface area (Å²) >= 11 is 6.73. The molecule has 12 nitrogen and oxygen atoms in total. The number of amides is 1. The van der Waals surface area contributed by atoms with E-state index in [0.29, 0.717) is 77.0 Å². The summed E-state index contributed by atoms with van der Waals surface area (Å²) in [5.74, 6) is 1.64. The first-order chi connectivity index (χ1) is 20.8. The van der Waals surface area contributed by atoms with Gasteiger partial charge in [-0.2, -0.15) is 4.98 Å². The van der Waals surface area contributed by atoms with E-state index >= 15 is 0 Å². The second kappa shape index (κ2) is 13.2. The molecule has 0 bridgehead atoms. The molecule has 1 aliphatic heterocycles. The molecule has 43 heavy (non-hydrogen) atoms. The van der Waals surface area contributed by atoms with Crippen molar-refractivity contribution in [3.8, 4) is 22.6 Å². The highest BCUT2D eigenvalue weighted by Crippen LogP contribution is 2.39. The number of piperidine rings is 1. The highest BCUT2D eigenvalue weighted by molar-refractivity contribution is 6.35. The molecule has 1 saturated heterocycles. The molecule has 1 fully saturated rings. The van der Waals surface area contributed by atoms with E-state index in [4.69, 9.17) is 26.1 Å². The molecule has 4 heterocycles. The lowest BCUT2D eigenvalue weighted by Crippen LogP contribution is -2.40. The van der Waals surface area contributed by atoms with Crippen molar-refractivity contribution < 1.29 is 14.3 Å². The highest BCUT2D eigenvalue weighted by atomic mass is 35.5. The number of hydrogen-bond acceptors (Lipinski definition) is 10. The molecule has 0 aliphatic carbocycles. The van der Waals surface area contributed by atoms with Crippen LogP contribution in [-0.2, 0) is 4.79 Å². The lowest BCUT2D eigenvalue weighted by molar-refractivity contribution is -0.127. The second-order valence-corrected chi connectivity index (χ2v) is 10.7. The first kappa shape index (κ1) is 29.9. The molecule has 0 saturated carbocycles. The Morgan fingerprint density at radius 3 is 2.60 bits per heavy atom. The number of anilines is 2. The zero-order valence-electron chi connectivity index (χ0n) is 24.5. The summed E-state index contributed by atoms with van der Waals surface area (Å²) in [6.07, 6.45) is 9.28. The van der Waals surface area contributed by atoms with Gasteiger partial charge in [0.05, 0.1) is 19.2 Å². The molecular formula is C30H33ClN8O4. The second-order valence-electron chi connectivity index (χ2n) is 10.3. The van der Waals surface area contributed by atoms with Crippen LogP contribution < -0.4 is 20.3 Å². The number of aromatic nitrogens is 5. The maximum atomic E-state index is 14.3. The summed E-state index contributed by atoms with van der Waals surface area (Å²) in [5, 5.41) is 4.01. The standard InChI is InChI=1S/C30H33ClN8O4/c1-37(2)11-5-6-26(40)38-12-8-20(9-13-38)39-28-19(17-33-30(36-28)35-25-7-10-32-18-34-25)14-23(29(39)41)22-15-21(42-3)16-24(43-4)27(22)31/h5-7,10,14-18,20H,8-9,11-13H2,1-4H3,(H,32,33,34,35,36)/b6-5+. The molecule has 0 spiro atoms. The lowest BCUT2D eigenvalue weighted by atomic mass is 10.0. The van der Waals surface area contributed by atoms with Crippen LogP contribution in [0.25, 0.3) is 22.2 Å². The molecular weight excluding hydrogens is 572 g/mol. The molecule has 1 amide bonds. The molecule has 1 aromatic carbocycles. The number of likely N-dealkylation sites (tertiary alicyclic amines) is 1. The van der Waals surface area contributed by atoms with E-state index in [1.807, 2.05) is 25.1 Å². The van der Waals surface area contributed by atoms with Crippen molar-refractivity contribution in [3.05, 3.63) is 70.5 Å². The Labute approximate surface area is 254 Å². The predicted molar refractivity (Wildman–Crippen MR) is 165 cm³/mol. The normalized spacial score (nSPS) is 14.0. The summed E-state index contributed by atoms with van der Waals surface area (Å²) in [6.45, 7) is 1.68. The van der Waals surface area contributed by atoms with Gasteiger partial charge in [-0.1, -0.05) is 17.7 Å². The molecule has 4 aromatic rings. The largest absolute Gasteiger partial charge is 0.497 e. The Kier molecular flexibility index (Phi) is 9.17. The van der Waals surface area contributed by atoms with Crippen molar-refractivity contribution in [1.82, 2.24) is 34.3 Å². The zero-order valence-corrected chi connectivity index (χ0v) is 25.2. The quantitative estimate of drug-likeness (QED) is 0.281. The molecule has 0 radical (unpaired) electrons. The number of rotatable bonds is 9. The van der Waals surface area contributed by atoms with E-state index < -0.39 is 0 Å². The van der Waals surface area contributed by atoms with Crippen LogP contribution in [0.15, 0.2) is 59.9 Å². The number of methoxy groups -OCH3 is 2. The van der Waals surface area contributed by atoms with Crippen molar-refractivity contribution in [2.45, 2.75) is 18.9 Å². The average molecular weight is 605 g/mol. The van der Waals surface area contributed by atoms with Crippen LogP contribution in [0.1, 0.15) is 18.9 Å². The third-order valence-electron chi connectivity index (χ3n) is 7.23. The van der Waals surface area contributed by atoms with Gasteiger partial charge in [0.2, 0.25) is 11.9 Å². The van der Waals surface area contributed by atoms with Crippen molar-refractivity contribution >= 4 is 40.3 Å². The number of likely N-dealkylation sites (N-methyl/N-ethyl adjacent to an activating group) is 1. The summed E-state index contributed by atoms with van der Waals surface area (Å²) in [4.78, 5) is 48.3. The summed E-state index contributed by atoms with van der Waals surface area (Å²) < 4.78 is 12.6. The molecule has 1 aliphatic rings. The number of halogens is 1. The van der Waals surface area contributed by atoms with Crippen molar-refractivity contribution in [3.63, 3.8) is 0 Å². The number of ether oxygens (including phenoxy) is 2. The fourth-order valence-corrected chi connectivity index (χ4v) is 5.33. The van der Waals surface area contributed by atoms with Crippen LogP contribution in [-0.4, -0.2) is 88.2 Å². The van der Waals surface area contributed by atoms with Crippen molar-refractivity contribution in [1.29, 1.82) is 0 Å². The summed E-state index contributed by atoms with van der Waals surface area (Å²) in [7, 11) is 6.94. The Bertz CT molecular complexity index is 1700. The number of benzene rings is 1. The molecule has 0 atom stereocenters. The van der Waals surface area contributed by atoms with Crippen LogP contribution in [0.3, 0.4) is 0 Å². The Balaban J connectivity index is 1.58.